The highest BCUT2D eigenvalue weighted by atomic mass is 16.5. The molecule has 2 amide bonds. The summed E-state index contributed by atoms with van der Waals surface area (Å²) in [4.78, 5) is 36.9. The van der Waals surface area contributed by atoms with Crippen LogP contribution in [0, 0.1) is 0 Å². The van der Waals surface area contributed by atoms with Crippen molar-refractivity contribution in [3.63, 3.8) is 0 Å². The number of benzene rings is 1. The van der Waals surface area contributed by atoms with Crippen LogP contribution in [0.25, 0.3) is 0 Å². The summed E-state index contributed by atoms with van der Waals surface area (Å²) in [5.74, 6) is -1.20. The SMILES string of the molecule is CC(C)OCc1ccc(C(=O)OCC(=O)N(C)CC(=O)NC2CC2)cc1. The Bertz CT molecular complexity index is 638. The summed E-state index contributed by atoms with van der Waals surface area (Å²) in [5.41, 5.74) is 1.31. The zero-order chi connectivity index (χ0) is 19.1. The zero-order valence-corrected chi connectivity index (χ0v) is 15.5. The number of likely N-dealkylation sites (N-methyl/N-ethyl adjacent to an activating group) is 1. The largest absolute Gasteiger partial charge is 0.452 e. The monoisotopic (exact) mass is 362 g/mol. The second-order valence-corrected chi connectivity index (χ2v) is 6.72. The molecule has 0 aliphatic heterocycles. The standard InChI is InChI=1S/C19H26N2O5/c1-13(2)25-11-14-4-6-15(7-5-14)19(24)26-12-18(23)21(3)10-17(22)20-16-8-9-16/h4-7,13,16H,8-12H2,1-3H3,(H,20,22). The number of rotatable bonds is 9. The third-order valence-electron chi connectivity index (χ3n) is 3.85. The minimum atomic E-state index is -0.578. The van der Waals surface area contributed by atoms with Crippen molar-refractivity contribution in [3.05, 3.63) is 35.4 Å². The number of amides is 2. The summed E-state index contributed by atoms with van der Waals surface area (Å²) in [6.07, 6.45) is 2.11. The Morgan fingerprint density at radius 1 is 1.19 bits per heavy atom. The van der Waals surface area contributed by atoms with Crippen molar-refractivity contribution in [3.8, 4) is 0 Å². The lowest BCUT2D eigenvalue weighted by Crippen LogP contribution is -2.40. The molecule has 0 saturated heterocycles. The Balaban J connectivity index is 1.74. The van der Waals surface area contributed by atoms with E-state index < -0.39 is 18.5 Å². The normalized spacial score (nSPS) is 13.4. The second kappa shape index (κ2) is 9.33. The topological polar surface area (TPSA) is 84.9 Å². The summed E-state index contributed by atoms with van der Waals surface area (Å²) >= 11 is 0. The smallest absolute Gasteiger partial charge is 0.338 e. The Morgan fingerprint density at radius 2 is 1.85 bits per heavy atom. The molecule has 1 fully saturated rings. The number of carbonyl (C=O) groups excluding carboxylic acids is 3. The second-order valence-electron chi connectivity index (χ2n) is 6.72. The van der Waals surface area contributed by atoms with E-state index in [1.165, 1.54) is 11.9 Å². The maximum Gasteiger partial charge on any atom is 0.338 e. The predicted octanol–water partition coefficient (Wildman–Crippen LogP) is 1.51. The van der Waals surface area contributed by atoms with Crippen LogP contribution in [0.15, 0.2) is 24.3 Å². The Hall–Kier alpha value is -2.41. The molecule has 0 aromatic heterocycles. The van der Waals surface area contributed by atoms with Crippen LogP contribution in [-0.4, -0.2) is 55.0 Å². The summed E-state index contributed by atoms with van der Waals surface area (Å²) in [5, 5.41) is 2.80. The summed E-state index contributed by atoms with van der Waals surface area (Å²) in [6.45, 7) is 3.94. The van der Waals surface area contributed by atoms with Gasteiger partial charge >= 0.3 is 5.97 Å². The minimum Gasteiger partial charge on any atom is -0.452 e. The highest BCUT2D eigenvalue weighted by Crippen LogP contribution is 2.18. The molecule has 0 radical (unpaired) electrons. The van der Waals surface area contributed by atoms with Gasteiger partial charge in [0.25, 0.3) is 5.91 Å². The van der Waals surface area contributed by atoms with Crippen LogP contribution in [0.2, 0.25) is 0 Å². The quantitative estimate of drug-likeness (QED) is 0.673. The van der Waals surface area contributed by atoms with E-state index in [1.54, 1.807) is 24.3 Å². The van der Waals surface area contributed by atoms with Gasteiger partial charge in [-0.1, -0.05) is 12.1 Å². The molecule has 2 rings (SSSR count). The molecule has 0 atom stereocenters. The fourth-order valence-corrected chi connectivity index (χ4v) is 2.13. The lowest BCUT2D eigenvalue weighted by Gasteiger charge is -2.16. The van der Waals surface area contributed by atoms with Gasteiger partial charge in [-0.3, -0.25) is 9.59 Å². The lowest BCUT2D eigenvalue weighted by atomic mass is 10.1. The summed E-state index contributed by atoms with van der Waals surface area (Å²) in [7, 11) is 1.51. The molecular weight excluding hydrogens is 336 g/mol. The van der Waals surface area contributed by atoms with E-state index in [0.29, 0.717) is 12.2 Å². The highest BCUT2D eigenvalue weighted by Gasteiger charge is 2.24. The van der Waals surface area contributed by atoms with Crippen molar-refractivity contribution < 1.29 is 23.9 Å². The highest BCUT2D eigenvalue weighted by molar-refractivity contribution is 5.92. The number of hydrogen-bond acceptors (Lipinski definition) is 5. The average molecular weight is 362 g/mol. The van der Waals surface area contributed by atoms with E-state index in [2.05, 4.69) is 5.32 Å². The number of esters is 1. The van der Waals surface area contributed by atoms with Crippen LogP contribution in [0.4, 0.5) is 0 Å². The van der Waals surface area contributed by atoms with Crippen LogP contribution in [0.5, 0.6) is 0 Å². The maximum atomic E-state index is 12.0. The first-order chi connectivity index (χ1) is 12.3. The van der Waals surface area contributed by atoms with Gasteiger partial charge in [-0.15, -0.1) is 0 Å². The molecule has 1 aromatic rings. The Kier molecular flexibility index (Phi) is 7.15. The number of nitrogens with one attached hydrogen (secondary N) is 1. The molecule has 1 N–H and O–H groups in total. The molecule has 0 unspecified atom stereocenters. The van der Waals surface area contributed by atoms with Gasteiger partial charge in [0, 0.05) is 13.1 Å². The molecular formula is C19H26N2O5. The van der Waals surface area contributed by atoms with E-state index in [1.807, 2.05) is 13.8 Å². The molecule has 1 aliphatic rings. The van der Waals surface area contributed by atoms with Gasteiger partial charge in [-0.05, 0) is 44.4 Å². The third kappa shape index (κ3) is 6.84. The molecule has 0 spiro atoms. The van der Waals surface area contributed by atoms with Crippen LogP contribution in [0.1, 0.15) is 42.6 Å². The van der Waals surface area contributed by atoms with Crippen molar-refractivity contribution >= 4 is 17.8 Å². The Labute approximate surface area is 153 Å². The van der Waals surface area contributed by atoms with Crippen LogP contribution < -0.4 is 5.32 Å². The van der Waals surface area contributed by atoms with Crippen molar-refractivity contribution in [1.29, 1.82) is 0 Å². The van der Waals surface area contributed by atoms with E-state index >= 15 is 0 Å². The lowest BCUT2D eigenvalue weighted by molar-refractivity contribution is -0.137. The maximum absolute atomic E-state index is 12.0. The Morgan fingerprint density at radius 3 is 2.42 bits per heavy atom. The molecule has 7 nitrogen and oxygen atoms in total. The fraction of sp³-hybridized carbons (Fsp3) is 0.526. The van der Waals surface area contributed by atoms with E-state index in [9.17, 15) is 14.4 Å². The van der Waals surface area contributed by atoms with Gasteiger partial charge in [0.15, 0.2) is 6.61 Å². The fourth-order valence-electron chi connectivity index (χ4n) is 2.13. The molecule has 1 aliphatic carbocycles. The number of hydrogen-bond donors (Lipinski definition) is 1. The first-order valence-electron chi connectivity index (χ1n) is 8.76. The molecule has 7 heteroatoms. The van der Waals surface area contributed by atoms with Crippen molar-refractivity contribution in [2.75, 3.05) is 20.2 Å². The van der Waals surface area contributed by atoms with Crippen molar-refractivity contribution in [1.82, 2.24) is 10.2 Å². The first-order valence-corrected chi connectivity index (χ1v) is 8.76. The van der Waals surface area contributed by atoms with E-state index in [0.717, 1.165) is 18.4 Å². The number of carbonyl (C=O) groups is 3. The van der Waals surface area contributed by atoms with Gasteiger partial charge in [-0.2, -0.15) is 0 Å². The van der Waals surface area contributed by atoms with E-state index in [-0.39, 0.29) is 24.6 Å². The third-order valence-corrected chi connectivity index (χ3v) is 3.85. The molecule has 26 heavy (non-hydrogen) atoms. The van der Waals surface area contributed by atoms with Gasteiger partial charge in [0.2, 0.25) is 5.91 Å². The van der Waals surface area contributed by atoms with Gasteiger partial charge < -0.3 is 19.7 Å². The summed E-state index contributed by atoms with van der Waals surface area (Å²) in [6, 6.07) is 7.10. The van der Waals surface area contributed by atoms with Gasteiger partial charge in [0.05, 0.1) is 24.8 Å². The predicted molar refractivity (Wildman–Crippen MR) is 95.5 cm³/mol. The van der Waals surface area contributed by atoms with E-state index in [4.69, 9.17) is 9.47 Å². The van der Waals surface area contributed by atoms with Crippen LogP contribution in [0.3, 0.4) is 0 Å². The summed E-state index contributed by atoms with van der Waals surface area (Å²) < 4.78 is 10.5. The van der Waals surface area contributed by atoms with Crippen molar-refractivity contribution in [2.45, 2.75) is 45.4 Å². The van der Waals surface area contributed by atoms with Crippen molar-refractivity contribution in [2.24, 2.45) is 0 Å². The first kappa shape index (κ1) is 19.9. The van der Waals surface area contributed by atoms with Crippen LogP contribution in [-0.2, 0) is 25.7 Å². The molecule has 1 saturated carbocycles. The zero-order valence-electron chi connectivity index (χ0n) is 15.5. The number of nitrogens with zero attached hydrogens (tertiary/aromatic N) is 1. The minimum absolute atomic E-state index is 0.0442. The van der Waals surface area contributed by atoms with Gasteiger partial charge in [-0.25, -0.2) is 4.79 Å². The van der Waals surface area contributed by atoms with Crippen LogP contribution >= 0.6 is 0 Å². The molecule has 1 aromatic carbocycles. The molecule has 0 heterocycles. The average Bonchev–Trinajstić information content (AvgIpc) is 3.41. The molecule has 142 valence electrons. The number of ether oxygens (including phenoxy) is 2. The molecule has 0 bridgehead atoms. The van der Waals surface area contributed by atoms with Gasteiger partial charge in [0.1, 0.15) is 0 Å².